The van der Waals surface area contributed by atoms with Gasteiger partial charge in [0, 0.05) is 41.2 Å². The predicted molar refractivity (Wildman–Crippen MR) is 128 cm³/mol. The second-order valence-corrected chi connectivity index (χ2v) is 11.2. The SMILES string of the molecule is C[C@@H]1CCc2c(sc3c2CSC(C(=O)NC2CCN(Cc4ccccc4)CC2)=C3)C1. The van der Waals surface area contributed by atoms with Crippen LogP contribution >= 0.6 is 23.1 Å². The molecule has 1 atom stereocenters. The Bertz CT molecular complexity index is 942. The van der Waals surface area contributed by atoms with E-state index in [0.717, 1.165) is 49.1 Å². The van der Waals surface area contributed by atoms with Crippen molar-refractivity contribution < 1.29 is 4.79 Å². The van der Waals surface area contributed by atoms with Crippen LogP contribution in [0.15, 0.2) is 35.2 Å². The lowest BCUT2D eigenvalue weighted by atomic mass is 9.88. The number of thioether (sulfide) groups is 1. The van der Waals surface area contributed by atoms with Crippen molar-refractivity contribution in [2.75, 3.05) is 13.1 Å². The number of fused-ring (bicyclic) bond motifs is 3. The van der Waals surface area contributed by atoms with E-state index in [1.165, 1.54) is 35.3 Å². The van der Waals surface area contributed by atoms with Crippen LogP contribution in [0.1, 0.15) is 52.6 Å². The Hall–Kier alpha value is -1.56. The molecule has 5 rings (SSSR count). The maximum absolute atomic E-state index is 12.9. The molecule has 2 aromatic rings. The van der Waals surface area contributed by atoms with Crippen molar-refractivity contribution in [3.05, 3.63) is 61.7 Å². The summed E-state index contributed by atoms with van der Waals surface area (Å²) in [5.41, 5.74) is 4.48. The molecule has 0 saturated carbocycles. The lowest BCUT2D eigenvalue weighted by Crippen LogP contribution is -2.44. The zero-order chi connectivity index (χ0) is 20.5. The molecule has 0 radical (unpaired) electrons. The van der Waals surface area contributed by atoms with Crippen LogP contribution in [0.3, 0.4) is 0 Å². The number of benzene rings is 1. The van der Waals surface area contributed by atoms with Crippen molar-refractivity contribution in [2.45, 2.75) is 57.4 Å². The van der Waals surface area contributed by atoms with E-state index in [4.69, 9.17) is 0 Å². The molecular weight excluding hydrogens is 408 g/mol. The van der Waals surface area contributed by atoms with E-state index >= 15 is 0 Å². The maximum atomic E-state index is 12.9. The normalized spacial score (nSPS) is 22.2. The third kappa shape index (κ3) is 4.39. The Morgan fingerprint density at radius 1 is 1.13 bits per heavy atom. The molecule has 2 aliphatic heterocycles. The lowest BCUT2D eigenvalue weighted by molar-refractivity contribution is -0.117. The molecule has 0 bridgehead atoms. The first-order valence-electron chi connectivity index (χ1n) is 11.2. The second-order valence-electron chi connectivity index (χ2n) is 9.00. The molecule has 1 amide bonds. The third-order valence-electron chi connectivity index (χ3n) is 6.68. The smallest absolute Gasteiger partial charge is 0.257 e. The van der Waals surface area contributed by atoms with Crippen molar-refractivity contribution in [2.24, 2.45) is 5.92 Å². The van der Waals surface area contributed by atoms with E-state index in [1.54, 1.807) is 22.2 Å². The quantitative estimate of drug-likeness (QED) is 0.708. The first kappa shape index (κ1) is 20.3. The summed E-state index contributed by atoms with van der Waals surface area (Å²) >= 11 is 3.66. The van der Waals surface area contributed by atoms with Gasteiger partial charge in [-0.05, 0) is 60.8 Å². The molecular formula is C25H30N2OS2. The summed E-state index contributed by atoms with van der Waals surface area (Å²) in [4.78, 5) is 19.2. The second kappa shape index (κ2) is 8.89. The van der Waals surface area contributed by atoms with Crippen LogP contribution in [0.4, 0.5) is 0 Å². The minimum atomic E-state index is 0.131. The summed E-state index contributed by atoms with van der Waals surface area (Å²) < 4.78 is 0. The van der Waals surface area contributed by atoms with E-state index in [-0.39, 0.29) is 5.91 Å². The van der Waals surface area contributed by atoms with Gasteiger partial charge < -0.3 is 5.32 Å². The van der Waals surface area contributed by atoms with Crippen LogP contribution in [0.25, 0.3) is 6.08 Å². The fourth-order valence-corrected chi connectivity index (χ4v) is 7.55. The minimum absolute atomic E-state index is 0.131. The average molecular weight is 439 g/mol. The fraction of sp³-hybridized carbons (Fsp3) is 0.480. The monoisotopic (exact) mass is 438 g/mol. The number of carbonyl (C=O) groups is 1. The van der Waals surface area contributed by atoms with Crippen LogP contribution in [-0.2, 0) is 29.9 Å². The average Bonchev–Trinajstić information content (AvgIpc) is 3.12. The van der Waals surface area contributed by atoms with Gasteiger partial charge in [0.05, 0.1) is 4.91 Å². The number of rotatable bonds is 4. The number of likely N-dealkylation sites (tertiary alicyclic amines) is 1. The molecule has 30 heavy (non-hydrogen) atoms. The van der Waals surface area contributed by atoms with E-state index in [1.807, 2.05) is 11.3 Å². The van der Waals surface area contributed by atoms with Crippen LogP contribution in [0.5, 0.6) is 0 Å². The topological polar surface area (TPSA) is 32.3 Å². The molecule has 5 heteroatoms. The Morgan fingerprint density at radius 2 is 1.93 bits per heavy atom. The summed E-state index contributed by atoms with van der Waals surface area (Å²) in [6.45, 7) is 5.46. The van der Waals surface area contributed by atoms with Gasteiger partial charge in [0.1, 0.15) is 0 Å². The van der Waals surface area contributed by atoms with Gasteiger partial charge in [-0.1, -0.05) is 37.3 Å². The highest BCUT2D eigenvalue weighted by molar-refractivity contribution is 8.03. The molecule has 0 unspecified atom stereocenters. The first-order valence-corrected chi connectivity index (χ1v) is 13.0. The van der Waals surface area contributed by atoms with Gasteiger partial charge in [0.2, 0.25) is 0 Å². The Kier molecular flexibility index (Phi) is 6.03. The molecule has 1 N–H and O–H groups in total. The number of piperidine rings is 1. The van der Waals surface area contributed by atoms with Crippen molar-refractivity contribution in [1.29, 1.82) is 0 Å². The standard InChI is InChI=1S/C25H30N2OS2/c1-17-7-8-20-21-16-29-24(14-23(21)30-22(20)13-17)25(28)26-19-9-11-27(12-10-19)15-18-5-3-2-4-6-18/h2-6,14,17,19H,7-13,15-16H2,1H3,(H,26,28)/t17-/m1/s1. The maximum Gasteiger partial charge on any atom is 0.257 e. The lowest BCUT2D eigenvalue weighted by Gasteiger charge is -2.32. The number of carbonyl (C=O) groups excluding carboxylic acids is 1. The Labute approximate surface area is 187 Å². The van der Waals surface area contributed by atoms with E-state index in [2.05, 4.69) is 53.5 Å². The number of hydrogen-bond acceptors (Lipinski definition) is 4. The molecule has 1 saturated heterocycles. The number of thiophene rings is 1. The summed E-state index contributed by atoms with van der Waals surface area (Å²) in [6, 6.07) is 11.0. The van der Waals surface area contributed by atoms with Crippen LogP contribution in [-0.4, -0.2) is 29.9 Å². The van der Waals surface area contributed by atoms with Gasteiger partial charge in [0.15, 0.2) is 0 Å². The van der Waals surface area contributed by atoms with Crippen molar-refractivity contribution in [3.63, 3.8) is 0 Å². The molecule has 158 valence electrons. The molecule has 1 fully saturated rings. The molecule has 3 heterocycles. The van der Waals surface area contributed by atoms with E-state index in [9.17, 15) is 4.79 Å². The van der Waals surface area contributed by atoms with E-state index < -0.39 is 0 Å². The minimum Gasteiger partial charge on any atom is -0.349 e. The largest absolute Gasteiger partial charge is 0.349 e. The third-order valence-corrected chi connectivity index (χ3v) is 8.97. The van der Waals surface area contributed by atoms with Crippen LogP contribution in [0, 0.1) is 5.92 Å². The summed E-state index contributed by atoms with van der Waals surface area (Å²) in [5, 5.41) is 3.32. The summed E-state index contributed by atoms with van der Waals surface area (Å²) in [5.74, 6) is 1.89. The van der Waals surface area contributed by atoms with Gasteiger partial charge in [0.25, 0.3) is 5.91 Å². The predicted octanol–water partition coefficient (Wildman–Crippen LogP) is 5.24. The highest BCUT2D eigenvalue weighted by Gasteiger charge is 2.28. The fourth-order valence-electron chi connectivity index (χ4n) is 4.89. The first-order chi connectivity index (χ1) is 14.7. The van der Waals surface area contributed by atoms with Gasteiger partial charge in [-0.3, -0.25) is 9.69 Å². The van der Waals surface area contributed by atoms with Gasteiger partial charge >= 0.3 is 0 Å². The van der Waals surface area contributed by atoms with Crippen molar-refractivity contribution >= 4 is 35.1 Å². The highest BCUT2D eigenvalue weighted by atomic mass is 32.2. The zero-order valence-corrected chi connectivity index (χ0v) is 19.3. The Balaban J connectivity index is 1.17. The van der Waals surface area contributed by atoms with Crippen LogP contribution < -0.4 is 5.32 Å². The molecule has 1 aliphatic carbocycles. The molecule has 3 nitrogen and oxygen atoms in total. The van der Waals surface area contributed by atoms with Gasteiger partial charge in [-0.15, -0.1) is 23.1 Å². The number of amides is 1. The molecule has 1 aromatic heterocycles. The summed E-state index contributed by atoms with van der Waals surface area (Å²) in [6.07, 6.45) is 7.98. The highest BCUT2D eigenvalue weighted by Crippen LogP contribution is 2.43. The molecule has 1 aromatic carbocycles. The van der Waals surface area contributed by atoms with Crippen LogP contribution in [0.2, 0.25) is 0 Å². The zero-order valence-electron chi connectivity index (χ0n) is 17.7. The van der Waals surface area contributed by atoms with Gasteiger partial charge in [-0.2, -0.15) is 0 Å². The molecule has 0 spiro atoms. The number of hydrogen-bond donors (Lipinski definition) is 1. The molecule has 3 aliphatic rings. The number of nitrogens with one attached hydrogen (secondary N) is 1. The number of nitrogens with zero attached hydrogens (tertiary/aromatic N) is 1. The van der Waals surface area contributed by atoms with Crippen molar-refractivity contribution in [1.82, 2.24) is 10.2 Å². The van der Waals surface area contributed by atoms with E-state index in [0.29, 0.717) is 6.04 Å². The Morgan fingerprint density at radius 3 is 2.73 bits per heavy atom. The van der Waals surface area contributed by atoms with Gasteiger partial charge in [-0.25, -0.2) is 0 Å². The van der Waals surface area contributed by atoms with Crippen molar-refractivity contribution in [3.8, 4) is 0 Å². The summed E-state index contributed by atoms with van der Waals surface area (Å²) in [7, 11) is 0.